The van der Waals surface area contributed by atoms with Crippen LogP contribution in [0.2, 0.25) is 0 Å². The number of fused-ring (bicyclic) bond motifs is 3. The summed E-state index contributed by atoms with van der Waals surface area (Å²) in [7, 11) is 7.20. The molecule has 0 bridgehead atoms. The van der Waals surface area contributed by atoms with Gasteiger partial charge in [0.15, 0.2) is 0 Å². The number of imidazole rings is 2. The molecule has 18 nitrogen and oxygen atoms in total. The normalized spacial score (nSPS) is 20.2. The van der Waals surface area contributed by atoms with Crippen molar-refractivity contribution in [2.45, 2.75) is 102 Å². The van der Waals surface area contributed by atoms with Crippen molar-refractivity contribution in [2.75, 3.05) is 79.7 Å². The smallest absolute Gasteiger partial charge is 0.329 e. The number of rotatable bonds is 16. The van der Waals surface area contributed by atoms with Crippen LogP contribution in [0.25, 0.3) is 44.2 Å². The number of carbonyl (C=O) groups is 3. The SMILES string of the molecule is COCc1nc2ccc(-c3ccnc4c3cc(CN3CCC(c5ccc(C(=O)N6CCC(CN7CCN(Cc8ccc9c(c8)n(C8CCC(=O)N(Cc%10ccc(OC)cc%10)C8=O)c(=O)n9C)CC7)CC6)cc5)CC3)n4C)cc2n1C1CCCCO1. The van der Waals surface area contributed by atoms with E-state index >= 15 is 0 Å². The maximum atomic E-state index is 14.0. The van der Waals surface area contributed by atoms with Crippen LogP contribution in [0, 0.1) is 5.92 Å². The number of aryl methyl sites for hydroxylation is 2. The summed E-state index contributed by atoms with van der Waals surface area (Å²) in [5, 5.41) is 1.15. The van der Waals surface area contributed by atoms with E-state index in [-0.39, 0.29) is 49.0 Å². The van der Waals surface area contributed by atoms with Crippen LogP contribution in [0.3, 0.4) is 0 Å². The number of nitrogens with zero attached hydrogens (tertiary/aromatic N) is 11. The highest BCUT2D eigenvalue weighted by Crippen LogP contribution is 2.37. The van der Waals surface area contributed by atoms with Gasteiger partial charge in [0.1, 0.15) is 36.1 Å². The van der Waals surface area contributed by atoms with Gasteiger partial charge in [0.25, 0.3) is 11.8 Å². The number of hydrogen-bond acceptors (Lipinski definition) is 12. The Morgan fingerprint density at radius 2 is 1.42 bits per heavy atom. The summed E-state index contributed by atoms with van der Waals surface area (Å²) in [5.74, 6) is 2.16. The molecule has 5 fully saturated rings. The maximum Gasteiger partial charge on any atom is 0.329 e. The van der Waals surface area contributed by atoms with E-state index in [2.05, 4.69) is 103 Å². The van der Waals surface area contributed by atoms with E-state index in [1.165, 1.54) is 16.2 Å². The zero-order chi connectivity index (χ0) is 58.3. The van der Waals surface area contributed by atoms with Gasteiger partial charge >= 0.3 is 5.69 Å². The minimum atomic E-state index is -0.766. The molecule has 0 radical (unpaired) electrons. The average Bonchev–Trinajstić information content (AvgIpc) is 4.16. The number of likely N-dealkylation sites (tertiary alicyclic amines) is 3. The molecule has 5 aliphatic heterocycles. The molecule has 4 aromatic heterocycles. The highest BCUT2D eigenvalue weighted by Gasteiger charge is 2.38. The van der Waals surface area contributed by atoms with E-state index < -0.39 is 6.04 Å². The van der Waals surface area contributed by atoms with Gasteiger partial charge < -0.3 is 28.6 Å². The van der Waals surface area contributed by atoms with Gasteiger partial charge in [-0.2, -0.15) is 0 Å². The second-order valence-corrected chi connectivity index (χ2v) is 24.4. The van der Waals surface area contributed by atoms with Crippen molar-refractivity contribution in [1.29, 1.82) is 0 Å². The van der Waals surface area contributed by atoms with Crippen LogP contribution >= 0.6 is 0 Å². The predicted octanol–water partition coefficient (Wildman–Crippen LogP) is 9.04. The molecule has 85 heavy (non-hydrogen) atoms. The van der Waals surface area contributed by atoms with Crippen molar-refractivity contribution >= 4 is 50.8 Å². The molecule has 5 saturated heterocycles. The molecule has 5 aliphatic rings. The van der Waals surface area contributed by atoms with Crippen LogP contribution in [-0.2, 0) is 59.4 Å². The number of piperazine rings is 1. The molecular formula is C67H79N11O7. The summed E-state index contributed by atoms with van der Waals surface area (Å²) in [6.07, 6.45) is 9.70. The molecule has 0 spiro atoms. The van der Waals surface area contributed by atoms with E-state index in [1.54, 1.807) is 30.4 Å². The van der Waals surface area contributed by atoms with Crippen LogP contribution in [0.5, 0.6) is 5.75 Å². The minimum Gasteiger partial charge on any atom is -0.497 e. The van der Waals surface area contributed by atoms with Gasteiger partial charge in [-0.1, -0.05) is 36.4 Å². The second-order valence-electron chi connectivity index (χ2n) is 24.4. The second kappa shape index (κ2) is 24.5. The monoisotopic (exact) mass is 1150 g/mol. The first-order chi connectivity index (χ1) is 41.5. The predicted molar refractivity (Wildman–Crippen MR) is 327 cm³/mol. The van der Waals surface area contributed by atoms with Crippen LogP contribution in [-0.4, -0.2) is 150 Å². The molecule has 8 aromatic rings. The Morgan fingerprint density at radius 3 is 2.16 bits per heavy atom. The largest absolute Gasteiger partial charge is 0.497 e. The highest BCUT2D eigenvalue weighted by molar-refractivity contribution is 6.00. The summed E-state index contributed by atoms with van der Waals surface area (Å²) >= 11 is 0. The number of piperidine rings is 3. The Hall–Kier alpha value is -7.48. The number of aromatic nitrogens is 6. The summed E-state index contributed by atoms with van der Waals surface area (Å²) in [5.41, 5.74) is 11.8. The highest BCUT2D eigenvalue weighted by atomic mass is 16.5. The number of pyridine rings is 1. The number of hydrogen-bond donors (Lipinski definition) is 0. The van der Waals surface area contributed by atoms with E-state index in [0.717, 1.165) is 190 Å². The molecule has 0 aliphatic carbocycles. The number of ether oxygens (including phenoxy) is 3. The lowest BCUT2D eigenvalue weighted by molar-refractivity contribution is -0.151. The Kier molecular flexibility index (Phi) is 16.3. The third-order valence-corrected chi connectivity index (χ3v) is 19.2. The Labute approximate surface area is 496 Å². The lowest BCUT2D eigenvalue weighted by Crippen LogP contribution is -2.48. The molecule has 0 N–H and O–H groups in total. The quantitative estimate of drug-likeness (QED) is 0.0848. The van der Waals surface area contributed by atoms with Gasteiger partial charge in [-0.15, -0.1) is 0 Å². The first kappa shape index (κ1) is 56.6. The summed E-state index contributed by atoms with van der Waals surface area (Å²) in [6, 6.07) is 32.2. The zero-order valence-corrected chi connectivity index (χ0v) is 49.7. The van der Waals surface area contributed by atoms with Crippen LogP contribution in [0.4, 0.5) is 0 Å². The van der Waals surface area contributed by atoms with Crippen molar-refractivity contribution in [2.24, 2.45) is 20.0 Å². The molecule has 3 amide bonds. The van der Waals surface area contributed by atoms with Gasteiger partial charge in [0, 0.05) is 116 Å². The Morgan fingerprint density at radius 1 is 0.671 bits per heavy atom. The van der Waals surface area contributed by atoms with E-state index in [9.17, 15) is 19.2 Å². The molecule has 444 valence electrons. The fourth-order valence-corrected chi connectivity index (χ4v) is 14.2. The lowest BCUT2D eigenvalue weighted by Gasteiger charge is -2.39. The summed E-state index contributed by atoms with van der Waals surface area (Å²) in [4.78, 5) is 75.6. The number of benzene rings is 4. The van der Waals surface area contributed by atoms with Crippen molar-refractivity contribution in [1.82, 2.24) is 52.7 Å². The zero-order valence-electron chi connectivity index (χ0n) is 49.7. The van der Waals surface area contributed by atoms with Gasteiger partial charge in [0.2, 0.25) is 5.91 Å². The minimum absolute atomic E-state index is 0.0428. The number of carbonyl (C=O) groups excluding carboxylic acids is 3. The van der Waals surface area contributed by atoms with Crippen molar-refractivity contribution in [3.63, 3.8) is 0 Å². The van der Waals surface area contributed by atoms with Gasteiger partial charge in [-0.25, -0.2) is 14.8 Å². The van der Waals surface area contributed by atoms with Crippen LogP contribution in [0.1, 0.15) is 115 Å². The molecule has 13 rings (SSSR count). The third kappa shape index (κ3) is 11.5. The first-order valence-corrected chi connectivity index (χ1v) is 30.8. The first-order valence-electron chi connectivity index (χ1n) is 30.8. The van der Waals surface area contributed by atoms with E-state index in [0.29, 0.717) is 24.2 Å². The fourth-order valence-electron chi connectivity index (χ4n) is 14.2. The van der Waals surface area contributed by atoms with Crippen LogP contribution < -0.4 is 10.4 Å². The Balaban J connectivity index is 0.568. The van der Waals surface area contributed by atoms with Gasteiger partial charge in [-0.3, -0.25) is 42.8 Å². The maximum absolute atomic E-state index is 14.0. The topological polar surface area (TPSA) is 158 Å². The molecule has 2 atom stereocenters. The number of imide groups is 1. The van der Waals surface area contributed by atoms with Gasteiger partial charge in [-0.05, 0) is 165 Å². The molecule has 9 heterocycles. The molecule has 18 heteroatoms. The number of amides is 3. The van der Waals surface area contributed by atoms with Crippen molar-refractivity contribution < 1.29 is 28.6 Å². The van der Waals surface area contributed by atoms with Crippen molar-refractivity contribution in [3.05, 3.63) is 148 Å². The van der Waals surface area contributed by atoms with Crippen molar-refractivity contribution in [3.8, 4) is 16.9 Å². The average molecular weight is 1150 g/mol. The van der Waals surface area contributed by atoms with E-state index in [4.69, 9.17) is 24.2 Å². The number of methoxy groups -OCH3 is 2. The molecular weight excluding hydrogens is 1070 g/mol. The lowest BCUT2D eigenvalue weighted by atomic mass is 9.88. The standard InChI is InChI=1S/C67H79N11O7/c1-70-52(39-55-54(22-27-68-64(55)70)51-15-18-56-59(38-51)78(61(69-56)44-83-3)63-7-5-6-36-85-63)43-72-28-25-49(26-29-72)48-11-13-50(14-12-48)65(80)75-30-23-46(24-31-75)40-73-32-34-74(35-33-73)41-47-10-19-57-60(37-47)77(67(82)71(57)2)58-20-21-62(79)76(66(58)81)42-45-8-16-53(84-4)17-9-45/h8-19,22,27,37-39,46,49,58,63H,5-7,20-21,23-26,28-36,40-44H2,1-4H3. The summed E-state index contributed by atoms with van der Waals surface area (Å²) in [6.45, 7) is 11.4. The third-order valence-electron chi connectivity index (χ3n) is 19.2. The van der Waals surface area contributed by atoms with E-state index in [1.807, 2.05) is 36.5 Å². The summed E-state index contributed by atoms with van der Waals surface area (Å²) < 4.78 is 24.8. The molecule has 2 unspecified atom stereocenters. The van der Waals surface area contributed by atoms with Gasteiger partial charge in [0.05, 0.1) is 35.7 Å². The molecule has 4 aromatic carbocycles. The Bertz CT molecular complexity index is 3800. The fraction of sp³-hybridized carbons (Fsp3) is 0.463. The molecule has 0 saturated carbocycles. The van der Waals surface area contributed by atoms with Crippen LogP contribution in [0.15, 0.2) is 108 Å².